The molecule has 2 aromatic carbocycles. The van der Waals surface area contributed by atoms with Crippen molar-refractivity contribution in [3.63, 3.8) is 0 Å². The van der Waals surface area contributed by atoms with Gasteiger partial charge in [-0.05, 0) is 23.8 Å². The lowest BCUT2D eigenvalue weighted by Gasteiger charge is -2.07. The van der Waals surface area contributed by atoms with E-state index >= 15 is 0 Å². The standard InChI is InChI=1S/C17H15ClN2/c18-16-7-3-1-6-14(16)11-19-12-15-10-9-13-5-2-4-8-17(13)20-15/h1-10,19H,11-12H2. The highest BCUT2D eigenvalue weighted by atomic mass is 35.5. The number of para-hydroxylation sites is 1. The van der Waals surface area contributed by atoms with Crippen molar-refractivity contribution < 1.29 is 0 Å². The Morgan fingerprint density at radius 2 is 1.65 bits per heavy atom. The Morgan fingerprint density at radius 3 is 2.55 bits per heavy atom. The van der Waals surface area contributed by atoms with Crippen molar-refractivity contribution in [2.45, 2.75) is 13.1 Å². The topological polar surface area (TPSA) is 24.9 Å². The molecule has 0 spiro atoms. The van der Waals surface area contributed by atoms with Gasteiger partial charge in [0.15, 0.2) is 0 Å². The van der Waals surface area contributed by atoms with E-state index in [0.29, 0.717) is 0 Å². The van der Waals surface area contributed by atoms with Crippen LogP contribution in [-0.2, 0) is 13.1 Å². The maximum atomic E-state index is 6.13. The molecule has 0 aliphatic heterocycles. The third-order valence-corrected chi connectivity index (χ3v) is 3.60. The van der Waals surface area contributed by atoms with Crippen molar-refractivity contribution in [1.29, 1.82) is 0 Å². The second-order valence-corrected chi connectivity index (χ2v) is 5.10. The molecule has 0 atom stereocenters. The monoisotopic (exact) mass is 282 g/mol. The minimum Gasteiger partial charge on any atom is -0.307 e. The lowest BCUT2D eigenvalue weighted by atomic mass is 10.2. The van der Waals surface area contributed by atoms with E-state index in [1.54, 1.807) is 0 Å². The second-order valence-electron chi connectivity index (χ2n) is 4.69. The smallest absolute Gasteiger partial charge is 0.0705 e. The molecule has 1 N–H and O–H groups in total. The van der Waals surface area contributed by atoms with Gasteiger partial charge in [0.25, 0.3) is 0 Å². The minimum atomic E-state index is 0.732. The molecule has 0 saturated carbocycles. The quantitative estimate of drug-likeness (QED) is 0.776. The number of benzene rings is 2. The lowest BCUT2D eigenvalue weighted by molar-refractivity contribution is 0.682. The summed E-state index contributed by atoms with van der Waals surface area (Å²) in [5.41, 5.74) is 3.18. The number of nitrogens with zero attached hydrogens (tertiary/aromatic N) is 1. The highest BCUT2D eigenvalue weighted by molar-refractivity contribution is 6.31. The van der Waals surface area contributed by atoms with Crippen LogP contribution in [0.2, 0.25) is 5.02 Å². The van der Waals surface area contributed by atoms with Gasteiger partial charge in [-0.25, -0.2) is 0 Å². The van der Waals surface area contributed by atoms with Gasteiger partial charge in [-0.15, -0.1) is 0 Å². The van der Waals surface area contributed by atoms with E-state index in [1.165, 1.54) is 5.39 Å². The summed E-state index contributed by atoms with van der Waals surface area (Å²) in [6, 6.07) is 20.2. The predicted molar refractivity (Wildman–Crippen MR) is 83.7 cm³/mol. The second kappa shape index (κ2) is 6.04. The van der Waals surface area contributed by atoms with Gasteiger partial charge in [0, 0.05) is 23.5 Å². The number of aromatic nitrogens is 1. The van der Waals surface area contributed by atoms with Crippen LogP contribution in [0.15, 0.2) is 60.7 Å². The third kappa shape index (κ3) is 2.98. The first-order valence-electron chi connectivity index (χ1n) is 6.62. The minimum absolute atomic E-state index is 0.732. The Balaban J connectivity index is 1.67. The van der Waals surface area contributed by atoms with Crippen LogP contribution in [0, 0.1) is 0 Å². The molecular formula is C17H15ClN2. The Kier molecular flexibility index (Phi) is 3.95. The van der Waals surface area contributed by atoms with E-state index in [9.17, 15) is 0 Å². The van der Waals surface area contributed by atoms with Crippen molar-refractivity contribution in [2.75, 3.05) is 0 Å². The van der Waals surface area contributed by atoms with Crippen LogP contribution < -0.4 is 5.32 Å². The molecule has 2 nitrogen and oxygen atoms in total. The number of hydrogen-bond donors (Lipinski definition) is 1. The first-order chi connectivity index (χ1) is 9.83. The summed E-state index contributed by atoms with van der Waals surface area (Å²) in [5.74, 6) is 0. The van der Waals surface area contributed by atoms with E-state index in [2.05, 4.69) is 28.5 Å². The van der Waals surface area contributed by atoms with Gasteiger partial charge in [0.1, 0.15) is 0 Å². The third-order valence-electron chi connectivity index (χ3n) is 3.24. The van der Waals surface area contributed by atoms with Crippen molar-refractivity contribution in [3.8, 4) is 0 Å². The van der Waals surface area contributed by atoms with E-state index in [4.69, 9.17) is 11.6 Å². The fraction of sp³-hybridized carbons (Fsp3) is 0.118. The average molecular weight is 283 g/mol. The first kappa shape index (κ1) is 13.1. The van der Waals surface area contributed by atoms with E-state index in [1.807, 2.05) is 42.5 Å². The maximum absolute atomic E-state index is 6.13. The van der Waals surface area contributed by atoms with Gasteiger partial charge in [-0.3, -0.25) is 4.98 Å². The number of rotatable bonds is 4. The van der Waals surface area contributed by atoms with E-state index in [-0.39, 0.29) is 0 Å². The van der Waals surface area contributed by atoms with Crippen molar-refractivity contribution in [1.82, 2.24) is 10.3 Å². The molecule has 3 heteroatoms. The van der Waals surface area contributed by atoms with E-state index < -0.39 is 0 Å². The highest BCUT2D eigenvalue weighted by Gasteiger charge is 2.00. The summed E-state index contributed by atoms with van der Waals surface area (Å²) < 4.78 is 0. The number of nitrogens with one attached hydrogen (secondary N) is 1. The maximum Gasteiger partial charge on any atom is 0.0705 e. The largest absolute Gasteiger partial charge is 0.307 e. The van der Waals surface area contributed by atoms with Crippen molar-refractivity contribution in [3.05, 3.63) is 76.9 Å². The van der Waals surface area contributed by atoms with Gasteiger partial charge >= 0.3 is 0 Å². The number of pyridine rings is 1. The van der Waals surface area contributed by atoms with Crippen LogP contribution in [0.5, 0.6) is 0 Å². The van der Waals surface area contributed by atoms with Crippen LogP contribution in [0.1, 0.15) is 11.3 Å². The van der Waals surface area contributed by atoms with Gasteiger partial charge < -0.3 is 5.32 Å². The predicted octanol–water partition coefficient (Wildman–Crippen LogP) is 4.18. The first-order valence-corrected chi connectivity index (χ1v) is 6.99. The van der Waals surface area contributed by atoms with Gasteiger partial charge in [0.2, 0.25) is 0 Å². The SMILES string of the molecule is Clc1ccccc1CNCc1ccc2ccccc2n1. The molecule has 0 unspecified atom stereocenters. The number of fused-ring (bicyclic) bond motifs is 1. The number of hydrogen-bond acceptors (Lipinski definition) is 2. The molecule has 0 amide bonds. The van der Waals surface area contributed by atoms with Crippen LogP contribution in [-0.4, -0.2) is 4.98 Å². The summed E-state index contributed by atoms with van der Waals surface area (Å²) in [6.45, 7) is 1.48. The molecule has 0 bridgehead atoms. The molecular weight excluding hydrogens is 268 g/mol. The number of halogens is 1. The molecule has 20 heavy (non-hydrogen) atoms. The Bertz CT molecular complexity index is 725. The Hall–Kier alpha value is -1.90. The molecule has 0 radical (unpaired) electrons. The normalized spacial score (nSPS) is 10.8. The fourth-order valence-corrected chi connectivity index (χ4v) is 2.38. The van der Waals surface area contributed by atoms with Crippen LogP contribution in [0.4, 0.5) is 0 Å². The molecule has 0 fully saturated rings. The molecule has 0 aliphatic rings. The van der Waals surface area contributed by atoms with Crippen LogP contribution in [0.3, 0.4) is 0 Å². The average Bonchev–Trinajstić information content (AvgIpc) is 2.49. The summed E-state index contributed by atoms with van der Waals surface area (Å²) in [6.07, 6.45) is 0. The summed E-state index contributed by atoms with van der Waals surface area (Å²) >= 11 is 6.13. The van der Waals surface area contributed by atoms with Crippen LogP contribution in [0.25, 0.3) is 10.9 Å². The molecule has 1 heterocycles. The lowest BCUT2D eigenvalue weighted by Crippen LogP contribution is -2.13. The summed E-state index contributed by atoms with van der Waals surface area (Å²) in [5, 5.41) is 5.34. The molecule has 3 aromatic rings. The van der Waals surface area contributed by atoms with Gasteiger partial charge in [0.05, 0.1) is 11.2 Å². The van der Waals surface area contributed by atoms with Gasteiger partial charge in [-0.1, -0.05) is 54.1 Å². The Morgan fingerprint density at radius 1 is 0.850 bits per heavy atom. The summed E-state index contributed by atoms with van der Waals surface area (Å²) in [7, 11) is 0. The van der Waals surface area contributed by atoms with E-state index in [0.717, 1.165) is 34.9 Å². The zero-order valence-corrected chi connectivity index (χ0v) is 11.8. The molecule has 3 rings (SSSR count). The molecule has 0 aliphatic carbocycles. The highest BCUT2D eigenvalue weighted by Crippen LogP contribution is 2.15. The van der Waals surface area contributed by atoms with Gasteiger partial charge in [-0.2, -0.15) is 0 Å². The zero-order valence-electron chi connectivity index (χ0n) is 11.0. The fourth-order valence-electron chi connectivity index (χ4n) is 2.17. The zero-order chi connectivity index (χ0) is 13.8. The molecule has 0 saturated heterocycles. The van der Waals surface area contributed by atoms with Crippen molar-refractivity contribution >= 4 is 22.5 Å². The van der Waals surface area contributed by atoms with Crippen molar-refractivity contribution in [2.24, 2.45) is 0 Å². The summed E-state index contributed by atoms with van der Waals surface area (Å²) in [4.78, 5) is 4.63. The molecule has 1 aromatic heterocycles. The van der Waals surface area contributed by atoms with Crippen LogP contribution >= 0.6 is 11.6 Å². The molecule has 100 valence electrons. The Labute approximate surface area is 123 Å².